The number of guanidine groups is 1. The van der Waals surface area contributed by atoms with Gasteiger partial charge in [-0.2, -0.15) is 0 Å². The average Bonchev–Trinajstić information content (AvgIpc) is 3.22. The molecule has 4 rings (SSSR count). The van der Waals surface area contributed by atoms with Crippen molar-refractivity contribution in [2.45, 2.75) is 31.9 Å². The zero-order chi connectivity index (χ0) is 26.6. The minimum atomic E-state index is -1.40. The van der Waals surface area contributed by atoms with Gasteiger partial charge in [-0.05, 0) is 47.4 Å². The van der Waals surface area contributed by atoms with Crippen LogP contribution in [0.5, 0.6) is 0 Å². The zero-order valence-corrected chi connectivity index (χ0v) is 20.6. The molecule has 0 spiro atoms. The summed E-state index contributed by atoms with van der Waals surface area (Å²) in [5.74, 6) is -2.15. The van der Waals surface area contributed by atoms with Crippen LogP contribution in [0.1, 0.15) is 47.7 Å². The highest BCUT2D eigenvalue weighted by atomic mass is 16.6. The molecule has 0 fully saturated rings. The lowest BCUT2D eigenvalue weighted by Crippen LogP contribution is -2.55. The van der Waals surface area contributed by atoms with Gasteiger partial charge in [-0.15, -0.1) is 0 Å². The second-order valence-corrected chi connectivity index (χ2v) is 8.89. The molecule has 9 heteroatoms. The molecule has 9 nitrogen and oxygen atoms in total. The molecule has 0 bridgehead atoms. The van der Waals surface area contributed by atoms with Crippen molar-refractivity contribution in [3.05, 3.63) is 89.5 Å². The topological polar surface area (TPSA) is 146 Å². The van der Waals surface area contributed by atoms with Crippen LogP contribution < -0.4 is 21.7 Å². The van der Waals surface area contributed by atoms with Crippen LogP contribution in [0, 0.1) is 5.41 Å². The molecule has 0 aliphatic heterocycles. The highest BCUT2D eigenvalue weighted by molar-refractivity contribution is 5.98. The van der Waals surface area contributed by atoms with E-state index in [1.807, 2.05) is 48.5 Å². The SMILES string of the molecule is CCC(=O)OC(C)(NC(=O)CNC(=O)c1cccc(NC(=N)N)c1)C1c2ccccc2-c2ccccc21. The third-order valence-electron chi connectivity index (χ3n) is 6.20. The monoisotopic (exact) mass is 499 g/mol. The van der Waals surface area contributed by atoms with Gasteiger partial charge in [0.05, 0.1) is 12.5 Å². The van der Waals surface area contributed by atoms with E-state index in [2.05, 4.69) is 16.0 Å². The Morgan fingerprint density at radius 2 is 1.59 bits per heavy atom. The van der Waals surface area contributed by atoms with E-state index in [4.69, 9.17) is 15.9 Å². The quantitative estimate of drug-likeness (QED) is 0.139. The first-order valence-corrected chi connectivity index (χ1v) is 11.9. The second-order valence-electron chi connectivity index (χ2n) is 8.89. The van der Waals surface area contributed by atoms with Gasteiger partial charge in [0, 0.05) is 17.7 Å². The van der Waals surface area contributed by atoms with Crippen molar-refractivity contribution in [3.63, 3.8) is 0 Å². The van der Waals surface area contributed by atoms with Gasteiger partial charge in [0.15, 0.2) is 11.7 Å². The standard InChI is InChI=1S/C28H29N5O4/c1-3-24(35)37-28(2,25-21-13-6-4-11-19(21)20-12-5-7-14-22(20)25)33-23(34)16-31-26(36)17-9-8-10-18(15-17)32-27(29)30/h4-15,25H,3,16H2,1-2H3,(H,31,36)(H,33,34)(H4,29,30,32). The fourth-order valence-corrected chi connectivity index (χ4v) is 4.69. The van der Waals surface area contributed by atoms with Gasteiger partial charge in [-0.1, -0.05) is 61.5 Å². The van der Waals surface area contributed by atoms with E-state index in [1.54, 1.807) is 32.0 Å². The number of nitrogens with one attached hydrogen (secondary N) is 4. The summed E-state index contributed by atoms with van der Waals surface area (Å²) in [6, 6.07) is 22.1. The van der Waals surface area contributed by atoms with Gasteiger partial charge in [0.25, 0.3) is 5.91 Å². The Labute approximate surface area is 214 Å². The Morgan fingerprint density at radius 3 is 2.19 bits per heavy atom. The van der Waals surface area contributed by atoms with E-state index in [9.17, 15) is 14.4 Å². The van der Waals surface area contributed by atoms with Gasteiger partial charge in [0.2, 0.25) is 5.91 Å². The molecule has 2 amide bonds. The zero-order valence-electron chi connectivity index (χ0n) is 20.6. The summed E-state index contributed by atoms with van der Waals surface area (Å²) in [6.07, 6.45) is 0.142. The Bertz CT molecular complexity index is 1330. The average molecular weight is 500 g/mol. The number of hydrogen-bond donors (Lipinski definition) is 5. The maximum Gasteiger partial charge on any atom is 0.307 e. The number of fused-ring (bicyclic) bond motifs is 3. The van der Waals surface area contributed by atoms with E-state index in [-0.39, 0.29) is 24.5 Å². The number of carbonyl (C=O) groups is 3. The highest BCUT2D eigenvalue weighted by Gasteiger charge is 2.46. The number of benzene rings is 3. The van der Waals surface area contributed by atoms with E-state index in [1.165, 1.54) is 6.07 Å². The maximum atomic E-state index is 13.1. The van der Waals surface area contributed by atoms with Gasteiger partial charge in [-0.25, -0.2) is 0 Å². The fourth-order valence-electron chi connectivity index (χ4n) is 4.69. The molecule has 1 atom stereocenters. The van der Waals surface area contributed by atoms with Crippen LogP contribution in [0.25, 0.3) is 11.1 Å². The van der Waals surface area contributed by atoms with E-state index < -0.39 is 29.4 Å². The molecule has 1 aliphatic carbocycles. The predicted molar refractivity (Wildman–Crippen MR) is 141 cm³/mol. The van der Waals surface area contributed by atoms with Crippen molar-refractivity contribution in [1.29, 1.82) is 5.41 Å². The van der Waals surface area contributed by atoms with Crippen molar-refractivity contribution >= 4 is 29.4 Å². The summed E-state index contributed by atoms with van der Waals surface area (Å²) in [5.41, 5.74) is 8.62. The molecule has 3 aromatic rings. The number of ether oxygens (including phenoxy) is 1. The van der Waals surface area contributed by atoms with E-state index >= 15 is 0 Å². The molecule has 0 saturated heterocycles. The summed E-state index contributed by atoms with van der Waals surface area (Å²) in [7, 11) is 0. The van der Waals surface area contributed by atoms with Crippen LogP contribution in [-0.4, -0.2) is 36.0 Å². The van der Waals surface area contributed by atoms with Crippen molar-refractivity contribution in [1.82, 2.24) is 10.6 Å². The number of amides is 2. The summed E-state index contributed by atoms with van der Waals surface area (Å²) in [6.45, 7) is 3.04. The van der Waals surface area contributed by atoms with Crippen LogP contribution in [0.15, 0.2) is 72.8 Å². The molecular weight excluding hydrogens is 470 g/mol. The van der Waals surface area contributed by atoms with E-state index in [0.717, 1.165) is 22.3 Å². The van der Waals surface area contributed by atoms with Gasteiger partial charge in [0.1, 0.15) is 0 Å². The molecule has 3 aromatic carbocycles. The number of rotatable bonds is 8. The largest absolute Gasteiger partial charge is 0.438 e. The maximum absolute atomic E-state index is 13.1. The summed E-state index contributed by atoms with van der Waals surface area (Å²) >= 11 is 0. The summed E-state index contributed by atoms with van der Waals surface area (Å²) in [5, 5.41) is 15.4. The van der Waals surface area contributed by atoms with Crippen molar-refractivity contribution in [3.8, 4) is 11.1 Å². The number of carbonyl (C=O) groups excluding carboxylic acids is 3. The van der Waals surface area contributed by atoms with Crippen LogP contribution >= 0.6 is 0 Å². The number of nitrogens with two attached hydrogens (primary N) is 1. The highest BCUT2D eigenvalue weighted by Crippen LogP contribution is 2.49. The van der Waals surface area contributed by atoms with Crippen LogP contribution in [0.3, 0.4) is 0 Å². The molecular formula is C28H29N5O4. The molecule has 0 heterocycles. The summed E-state index contributed by atoms with van der Waals surface area (Å²) < 4.78 is 5.88. The normalized spacial score (nSPS) is 13.5. The van der Waals surface area contributed by atoms with Gasteiger partial charge in [-0.3, -0.25) is 19.8 Å². The minimum Gasteiger partial charge on any atom is -0.438 e. The lowest BCUT2D eigenvalue weighted by molar-refractivity contribution is -0.164. The molecule has 6 N–H and O–H groups in total. The predicted octanol–water partition coefficient (Wildman–Crippen LogP) is 3.32. The first kappa shape index (κ1) is 25.4. The Kier molecular flexibility index (Phi) is 7.24. The molecule has 0 saturated carbocycles. The molecule has 0 aromatic heterocycles. The van der Waals surface area contributed by atoms with Crippen LogP contribution in [0.4, 0.5) is 5.69 Å². The third kappa shape index (κ3) is 5.45. The molecule has 190 valence electrons. The number of esters is 1. The van der Waals surface area contributed by atoms with Crippen LogP contribution in [0.2, 0.25) is 0 Å². The second kappa shape index (κ2) is 10.5. The Hall–Kier alpha value is -4.66. The van der Waals surface area contributed by atoms with Crippen molar-refractivity contribution < 1.29 is 19.1 Å². The first-order valence-electron chi connectivity index (χ1n) is 11.9. The third-order valence-corrected chi connectivity index (χ3v) is 6.20. The lowest BCUT2D eigenvalue weighted by Gasteiger charge is -2.37. The minimum absolute atomic E-state index is 0.142. The summed E-state index contributed by atoms with van der Waals surface area (Å²) in [4.78, 5) is 38.2. The Balaban J connectivity index is 1.55. The fraction of sp³-hybridized carbons (Fsp3) is 0.214. The number of anilines is 1. The number of hydrogen-bond acceptors (Lipinski definition) is 5. The van der Waals surface area contributed by atoms with E-state index in [0.29, 0.717) is 5.69 Å². The van der Waals surface area contributed by atoms with Gasteiger partial charge < -0.3 is 26.4 Å². The van der Waals surface area contributed by atoms with Crippen LogP contribution in [-0.2, 0) is 14.3 Å². The van der Waals surface area contributed by atoms with Gasteiger partial charge >= 0.3 is 5.97 Å². The Morgan fingerprint density at radius 1 is 0.973 bits per heavy atom. The molecule has 1 unspecified atom stereocenters. The molecule has 1 aliphatic rings. The first-order chi connectivity index (χ1) is 17.7. The smallest absolute Gasteiger partial charge is 0.307 e. The lowest BCUT2D eigenvalue weighted by atomic mass is 9.87. The molecule has 0 radical (unpaired) electrons. The van der Waals surface area contributed by atoms with Crippen molar-refractivity contribution in [2.75, 3.05) is 11.9 Å². The molecule has 37 heavy (non-hydrogen) atoms. The van der Waals surface area contributed by atoms with Crippen molar-refractivity contribution in [2.24, 2.45) is 5.73 Å².